The average molecular weight is 199 g/mol. The summed E-state index contributed by atoms with van der Waals surface area (Å²) in [7, 11) is 1.49. The van der Waals surface area contributed by atoms with Crippen LogP contribution in [0.1, 0.15) is 12.6 Å². The summed E-state index contributed by atoms with van der Waals surface area (Å²) in [5.74, 6) is -0.707. The third kappa shape index (κ3) is 2.06. The van der Waals surface area contributed by atoms with Crippen molar-refractivity contribution in [3.63, 3.8) is 0 Å². The molecule has 1 aromatic heterocycles. The largest absolute Gasteiger partial charge is 0.458 e. The molecule has 0 atom stereocenters. The maximum absolute atomic E-state index is 10.5. The van der Waals surface area contributed by atoms with E-state index in [1.807, 2.05) is 0 Å². The highest BCUT2D eigenvalue weighted by atomic mass is 16.6. The van der Waals surface area contributed by atoms with Crippen LogP contribution in [0.25, 0.3) is 0 Å². The molecule has 76 valence electrons. The zero-order valence-electron chi connectivity index (χ0n) is 7.76. The van der Waals surface area contributed by atoms with E-state index in [9.17, 15) is 14.9 Å². The Morgan fingerprint density at radius 2 is 2.43 bits per heavy atom. The van der Waals surface area contributed by atoms with Gasteiger partial charge < -0.3 is 14.9 Å². The molecule has 0 spiro atoms. The maximum atomic E-state index is 10.5. The molecule has 0 saturated carbocycles. The Kier molecular flexibility index (Phi) is 2.80. The quantitative estimate of drug-likeness (QED) is 0.399. The van der Waals surface area contributed by atoms with Gasteiger partial charge in [0.25, 0.3) is 0 Å². The van der Waals surface area contributed by atoms with Gasteiger partial charge in [-0.05, 0) is 4.92 Å². The second-order valence-electron chi connectivity index (χ2n) is 2.65. The van der Waals surface area contributed by atoms with Crippen LogP contribution < -0.4 is 0 Å². The number of hydrogen-bond acceptors (Lipinski definition) is 5. The molecule has 0 aliphatic carbocycles. The zero-order valence-corrected chi connectivity index (χ0v) is 7.76. The van der Waals surface area contributed by atoms with Crippen molar-refractivity contribution in [3.05, 3.63) is 22.0 Å². The maximum Gasteiger partial charge on any atom is 0.434 e. The van der Waals surface area contributed by atoms with Crippen LogP contribution in [-0.4, -0.2) is 20.4 Å². The first-order valence-electron chi connectivity index (χ1n) is 3.80. The summed E-state index contributed by atoms with van der Waals surface area (Å²) < 4.78 is 5.95. The second-order valence-corrected chi connectivity index (χ2v) is 2.65. The van der Waals surface area contributed by atoms with E-state index >= 15 is 0 Å². The van der Waals surface area contributed by atoms with Crippen LogP contribution in [0.15, 0.2) is 6.20 Å². The molecule has 0 aliphatic rings. The molecule has 0 fully saturated rings. The van der Waals surface area contributed by atoms with Crippen LogP contribution >= 0.6 is 0 Å². The van der Waals surface area contributed by atoms with Crippen molar-refractivity contribution in [2.75, 3.05) is 0 Å². The summed E-state index contributed by atoms with van der Waals surface area (Å²) >= 11 is 0. The lowest BCUT2D eigenvalue weighted by atomic mass is 10.5. The molecule has 1 aromatic rings. The van der Waals surface area contributed by atoms with Crippen LogP contribution in [0.5, 0.6) is 0 Å². The monoisotopic (exact) mass is 199 g/mol. The van der Waals surface area contributed by atoms with Crippen molar-refractivity contribution in [1.29, 1.82) is 0 Å². The van der Waals surface area contributed by atoms with Gasteiger partial charge in [0.15, 0.2) is 5.69 Å². The highest BCUT2D eigenvalue weighted by Crippen LogP contribution is 2.11. The highest BCUT2D eigenvalue weighted by Gasteiger charge is 2.17. The molecule has 0 bridgehead atoms. The van der Waals surface area contributed by atoms with E-state index in [1.165, 1.54) is 24.7 Å². The summed E-state index contributed by atoms with van der Waals surface area (Å²) in [4.78, 5) is 23.8. The summed E-state index contributed by atoms with van der Waals surface area (Å²) in [6.45, 7) is 1.26. The van der Waals surface area contributed by atoms with Gasteiger partial charge in [0.1, 0.15) is 12.8 Å². The molecule has 0 unspecified atom stereocenters. The minimum atomic E-state index is -0.600. The van der Waals surface area contributed by atoms with Gasteiger partial charge in [0.2, 0.25) is 0 Å². The van der Waals surface area contributed by atoms with Gasteiger partial charge in [0.05, 0.1) is 7.05 Å². The lowest BCUT2D eigenvalue weighted by Crippen LogP contribution is -2.05. The summed E-state index contributed by atoms with van der Waals surface area (Å²) in [6, 6.07) is 0. The van der Waals surface area contributed by atoms with Crippen molar-refractivity contribution in [1.82, 2.24) is 9.55 Å². The molecular formula is C7H9N3O4. The number of ether oxygens (including phenoxy) is 1. The zero-order chi connectivity index (χ0) is 10.7. The molecule has 0 amide bonds. The Morgan fingerprint density at radius 3 is 2.86 bits per heavy atom. The fourth-order valence-electron chi connectivity index (χ4n) is 0.913. The minimum Gasteiger partial charge on any atom is -0.458 e. The van der Waals surface area contributed by atoms with E-state index in [4.69, 9.17) is 0 Å². The summed E-state index contributed by atoms with van der Waals surface area (Å²) in [6.07, 6.45) is 1.31. The van der Waals surface area contributed by atoms with Gasteiger partial charge in [-0.15, -0.1) is 0 Å². The average Bonchev–Trinajstić information content (AvgIpc) is 2.43. The SMILES string of the molecule is CC(=O)OCc1cnc([N+](=O)[O-])n1C. The molecule has 0 aliphatic heterocycles. The molecule has 0 radical (unpaired) electrons. The summed E-state index contributed by atoms with van der Waals surface area (Å²) in [5, 5.41) is 10.4. The molecule has 14 heavy (non-hydrogen) atoms. The molecule has 1 heterocycles. The number of carbonyl (C=O) groups is 1. The fraction of sp³-hybridized carbons (Fsp3) is 0.429. The molecule has 7 heteroatoms. The predicted molar refractivity (Wildman–Crippen MR) is 45.3 cm³/mol. The number of aromatic nitrogens is 2. The lowest BCUT2D eigenvalue weighted by Gasteiger charge is -1.99. The molecule has 0 N–H and O–H groups in total. The molecule has 1 rings (SSSR count). The Morgan fingerprint density at radius 1 is 1.79 bits per heavy atom. The number of imidazole rings is 1. The lowest BCUT2D eigenvalue weighted by molar-refractivity contribution is -0.396. The van der Waals surface area contributed by atoms with Crippen molar-refractivity contribution in [3.8, 4) is 0 Å². The molecular weight excluding hydrogens is 190 g/mol. The summed E-state index contributed by atoms with van der Waals surface area (Å²) in [5.41, 5.74) is 0.479. The number of carbonyl (C=O) groups excluding carboxylic acids is 1. The number of esters is 1. The van der Waals surface area contributed by atoms with Gasteiger partial charge in [-0.2, -0.15) is 0 Å². The van der Waals surface area contributed by atoms with E-state index in [2.05, 4.69) is 9.72 Å². The van der Waals surface area contributed by atoms with Gasteiger partial charge in [-0.3, -0.25) is 4.79 Å². The minimum absolute atomic E-state index is 0.00727. The van der Waals surface area contributed by atoms with E-state index in [0.29, 0.717) is 5.69 Å². The standard InChI is InChI=1S/C7H9N3O4/c1-5(11)14-4-6-3-8-7(9(6)2)10(12)13/h3H,4H2,1-2H3. The highest BCUT2D eigenvalue weighted by molar-refractivity contribution is 5.65. The van der Waals surface area contributed by atoms with Crippen molar-refractivity contribution in [2.45, 2.75) is 13.5 Å². The Labute approximate surface area is 79.5 Å². The number of hydrogen-bond donors (Lipinski definition) is 0. The van der Waals surface area contributed by atoms with Gasteiger partial charge in [-0.1, -0.05) is 4.98 Å². The van der Waals surface area contributed by atoms with Crippen LogP contribution in [0.4, 0.5) is 5.95 Å². The Bertz CT molecular complexity index is 371. The number of nitro groups is 1. The van der Waals surface area contributed by atoms with Gasteiger partial charge in [-0.25, -0.2) is 4.57 Å². The van der Waals surface area contributed by atoms with E-state index in [0.717, 1.165) is 0 Å². The molecule has 0 aromatic carbocycles. The van der Waals surface area contributed by atoms with E-state index < -0.39 is 10.9 Å². The van der Waals surface area contributed by atoms with Gasteiger partial charge >= 0.3 is 11.9 Å². The van der Waals surface area contributed by atoms with Crippen molar-refractivity contribution < 1.29 is 14.5 Å². The van der Waals surface area contributed by atoms with Crippen LogP contribution in [0.2, 0.25) is 0 Å². The predicted octanol–water partition coefficient (Wildman–Crippen LogP) is 0.391. The second kappa shape index (κ2) is 3.86. The number of rotatable bonds is 3. The van der Waals surface area contributed by atoms with E-state index in [-0.39, 0.29) is 12.6 Å². The van der Waals surface area contributed by atoms with Gasteiger partial charge in [0, 0.05) is 6.92 Å². The third-order valence-corrected chi connectivity index (χ3v) is 1.65. The first-order chi connectivity index (χ1) is 6.52. The molecule has 7 nitrogen and oxygen atoms in total. The fourth-order valence-corrected chi connectivity index (χ4v) is 0.913. The first kappa shape index (κ1) is 10.2. The Hall–Kier alpha value is -1.92. The third-order valence-electron chi connectivity index (χ3n) is 1.65. The normalized spacial score (nSPS) is 9.86. The van der Waals surface area contributed by atoms with Crippen LogP contribution in [0.3, 0.4) is 0 Å². The van der Waals surface area contributed by atoms with Crippen LogP contribution in [0, 0.1) is 10.1 Å². The molecule has 0 saturated heterocycles. The van der Waals surface area contributed by atoms with Crippen LogP contribution in [-0.2, 0) is 23.2 Å². The topological polar surface area (TPSA) is 87.3 Å². The van der Waals surface area contributed by atoms with E-state index in [1.54, 1.807) is 0 Å². The smallest absolute Gasteiger partial charge is 0.434 e. The Balaban J connectivity index is 2.79. The van der Waals surface area contributed by atoms with Crippen molar-refractivity contribution in [2.24, 2.45) is 7.05 Å². The van der Waals surface area contributed by atoms with Crippen molar-refractivity contribution >= 4 is 11.9 Å². The first-order valence-corrected chi connectivity index (χ1v) is 3.80. The number of nitrogens with zero attached hydrogens (tertiary/aromatic N) is 3.